The molecule has 0 saturated carbocycles. The van der Waals surface area contributed by atoms with Gasteiger partial charge < -0.3 is 0 Å². The summed E-state index contributed by atoms with van der Waals surface area (Å²) in [5.74, 6) is 0. The van der Waals surface area contributed by atoms with Crippen LogP contribution in [0, 0.1) is 13.8 Å². The average Bonchev–Trinajstić information content (AvgIpc) is 2.43. The molecule has 0 saturated heterocycles. The fourth-order valence-electron chi connectivity index (χ4n) is 1.88. The Kier molecular flexibility index (Phi) is 5.08. The molecule has 0 aliphatic carbocycles. The number of hydrogen-bond acceptors (Lipinski definition) is 1. The van der Waals surface area contributed by atoms with Crippen LogP contribution < -0.4 is 0 Å². The van der Waals surface area contributed by atoms with Gasteiger partial charge in [0, 0.05) is 10.8 Å². The van der Waals surface area contributed by atoms with E-state index in [1.165, 1.54) is 11.1 Å². The van der Waals surface area contributed by atoms with Crippen LogP contribution in [0.3, 0.4) is 0 Å². The predicted octanol–water partition coefficient (Wildman–Crippen LogP) is 4.69. The van der Waals surface area contributed by atoms with Crippen molar-refractivity contribution in [3.8, 4) is 0 Å². The van der Waals surface area contributed by atoms with Crippen molar-refractivity contribution in [2.75, 3.05) is 0 Å². The molecule has 0 radical (unpaired) electrons. The van der Waals surface area contributed by atoms with Crippen molar-refractivity contribution < 1.29 is 4.21 Å². The summed E-state index contributed by atoms with van der Waals surface area (Å²) in [6, 6.07) is 16.2. The molecule has 0 aliphatic heterocycles. The first-order valence-electron chi connectivity index (χ1n) is 6.52. The van der Waals surface area contributed by atoms with Crippen LogP contribution >= 0.6 is 0 Å². The third-order valence-corrected chi connectivity index (χ3v) is 3.68. The maximum atomic E-state index is 11.9. The maximum Gasteiger partial charge on any atom is 0.0702 e. The molecule has 0 aromatic heterocycles. The molecule has 102 valence electrons. The number of benzene rings is 2. The van der Waals surface area contributed by atoms with Crippen molar-refractivity contribution in [3.63, 3.8) is 0 Å². The Hall–Kier alpha value is -1.93. The summed E-state index contributed by atoms with van der Waals surface area (Å²) < 4.78 is 11.9. The van der Waals surface area contributed by atoms with E-state index in [4.69, 9.17) is 0 Å². The first kappa shape index (κ1) is 14.5. The third-order valence-electron chi connectivity index (χ3n) is 2.87. The highest BCUT2D eigenvalue weighted by Crippen LogP contribution is 2.09. The molecule has 2 heteroatoms. The lowest BCUT2D eigenvalue weighted by molar-refractivity contribution is 0.693. The van der Waals surface area contributed by atoms with E-state index in [0.717, 1.165) is 11.1 Å². The first-order valence-corrected chi connectivity index (χ1v) is 7.80. The molecule has 0 atom stereocenters. The van der Waals surface area contributed by atoms with Gasteiger partial charge in [-0.15, -0.1) is 0 Å². The van der Waals surface area contributed by atoms with E-state index in [1.807, 2.05) is 62.4 Å². The van der Waals surface area contributed by atoms with Gasteiger partial charge in [0.15, 0.2) is 0 Å². The van der Waals surface area contributed by atoms with Crippen molar-refractivity contribution in [2.24, 2.45) is 0 Å². The monoisotopic (exact) mass is 282 g/mol. The Bertz CT molecular complexity index is 611. The van der Waals surface area contributed by atoms with E-state index in [0.29, 0.717) is 0 Å². The molecule has 20 heavy (non-hydrogen) atoms. The van der Waals surface area contributed by atoms with Crippen molar-refractivity contribution >= 4 is 23.0 Å². The highest BCUT2D eigenvalue weighted by Gasteiger charge is 1.91. The largest absolute Gasteiger partial charge is 0.250 e. The van der Waals surface area contributed by atoms with E-state index in [-0.39, 0.29) is 0 Å². The zero-order chi connectivity index (χ0) is 14.4. The fourth-order valence-corrected chi connectivity index (χ4v) is 2.56. The highest BCUT2D eigenvalue weighted by atomic mass is 32.2. The Labute approximate surface area is 123 Å². The van der Waals surface area contributed by atoms with Crippen LogP contribution in [0.4, 0.5) is 0 Å². The van der Waals surface area contributed by atoms with E-state index >= 15 is 0 Å². The minimum Gasteiger partial charge on any atom is -0.250 e. The van der Waals surface area contributed by atoms with Gasteiger partial charge in [0.05, 0.1) is 10.8 Å². The number of aryl methyl sites for hydroxylation is 2. The van der Waals surface area contributed by atoms with E-state index in [2.05, 4.69) is 12.1 Å². The van der Waals surface area contributed by atoms with Crippen LogP contribution in [-0.2, 0) is 10.8 Å². The molecule has 1 nitrogen and oxygen atoms in total. The van der Waals surface area contributed by atoms with E-state index in [1.54, 1.807) is 10.8 Å². The van der Waals surface area contributed by atoms with Gasteiger partial charge in [-0.3, -0.25) is 4.21 Å². The van der Waals surface area contributed by atoms with Crippen LogP contribution in [0.1, 0.15) is 22.3 Å². The summed E-state index contributed by atoms with van der Waals surface area (Å²) in [4.78, 5) is 0. The van der Waals surface area contributed by atoms with E-state index in [9.17, 15) is 4.21 Å². The minimum absolute atomic E-state index is 1.07. The van der Waals surface area contributed by atoms with Crippen molar-refractivity contribution in [1.29, 1.82) is 0 Å². The molecule has 0 fully saturated rings. The molecule has 0 N–H and O–H groups in total. The summed E-state index contributed by atoms with van der Waals surface area (Å²) >= 11 is 0. The summed E-state index contributed by atoms with van der Waals surface area (Å²) in [5.41, 5.74) is 4.55. The van der Waals surface area contributed by atoms with Gasteiger partial charge in [0.2, 0.25) is 0 Å². The molecular weight excluding hydrogens is 264 g/mol. The highest BCUT2D eigenvalue weighted by molar-refractivity contribution is 7.91. The average molecular weight is 282 g/mol. The second kappa shape index (κ2) is 7.01. The van der Waals surface area contributed by atoms with Crippen molar-refractivity contribution in [2.45, 2.75) is 13.8 Å². The second-order valence-electron chi connectivity index (χ2n) is 4.76. The molecule has 0 aliphatic rings. The normalized spacial score (nSPS) is 13.1. The molecular formula is C18H18OS. The Morgan fingerprint density at radius 2 is 1.25 bits per heavy atom. The van der Waals surface area contributed by atoms with Gasteiger partial charge in [0.25, 0.3) is 0 Å². The zero-order valence-electron chi connectivity index (χ0n) is 11.7. The molecule has 2 rings (SSSR count). The van der Waals surface area contributed by atoms with Crippen LogP contribution in [0.15, 0.2) is 59.3 Å². The summed E-state index contributed by atoms with van der Waals surface area (Å²) in [7, 11) is -1.10. The van der Waals surface area contributed by atoms with Gasteiger partial charge >= 0.3 is 0 Å². The SMILES string of the molecule is Cc1cccc(C=CS(=O)C=Cc2cccc(C)c2)c1. The molecule has 0 bridgehead atoms. The zero-order valence-corrected chi connectivity index (χ0v) is 12.6. The first-order chi connectivity index (χ1) is 9.63. The summed E-state index contributed by atoms with van der Waals surface area (Å²) in [6.07, 6.45) is 3.79. The van der Waals surface area contributed by atoms with Gasteiger partial charge in [-0.1, -0.05) is 59.7 Å². The van der Waals surface area contributed by atoms with Gasteiger partial charge in [-0.25, -0.2) is 0 Å². The molecule has 2 aromatic carbocycles. The fraction of sp³-hybridized carbons (Fsp3) is 0.111. The topological polar surface area (TPSA) is 17.1 Å². The summed E-state index contributed by atoms with van der Waals surface area (Å²) in [5, 5.41) is 3.42. The third kappa shape index (κ3) is 4.63. The van der Waals surface area contributed by atoms with Gasteiger partial charge in [-0.05, 0) is 37.1 Å². The lowest BCUT2D eigenvalue weighted by atomic mass is 10.1. The van der Waals surface area contributed by atoms with Gasteiger partial charge in [0.1, 0.15) is 0 Å². The van der Waals surface area contributed by atoms with Crippen LogP contribution in [0.5, 0.6) is 0 Å². The standard InChI is InChI=1S/C18H18OS/c1-15-5-3-7-17(13-15)9-11-20(19)12-10-18-8-4-6-16(2)14-18/h3-14H,1-2H3. The Balaban J connectivity index is 2.02. The molecule has 0 amide bonds. The molecule has 0 heterocycles. The van der Waals surface area contributed by atoms with Crippen molar-refractivity contribution in [3.05, 3.63) is 81.6 Å². The van der Waals surface area contributed by atoms with Crippen molar-refractivity contribution in [1.82, 2.24) is 0 Å². The minimum atomic E-state index is -1.10. The van der Waals surface area contributed by atoms with E-state index < -0.39 is 10.8 Å². The number of rotatable bonds is 4. The molecule has 2 aromatic rings. The maximum absolute atomic E-state index is 11.9. The number of hydrogen-bond donors (Lipinski definition) is 0. The second-order valence-corrected chi connectivity index (χ2v) is 5.96. The Morgan fingerprint density at radius 1 is 0.800 bits per heavy atom. The quantitative estimate of drug-likeness (QED) is 0.795. The predicted molar refractivity (Wildman–Crippen MR) is 88.6 cm³/mol. The lowest BCUT2D eigenvalue weighted by Crippen LogP contribution is -1.79. The smallest absolute Gasteiger partial charge is 0.0702 e. The van der Waals surface area contributed by atoms with Crippen LogP contribution in [-0.4, -0.2) is 4.21 Å². The lowest BCUT2D eigenvalue weighted by Gasteiger charge is -1.96. The van der Waals surface area contributed by atoms with Crippen LogP contribution in [0.25, 0.3) is 12.2 Å². The molecule has 0 spiro atoms. The van der Waals surface area contributed by atoms with Crippen LogP contribution in [0.2, 0.25) is 0 Å². The Morgan fingerprint density at radius 3 is 1.65 bits per heavy atom. The molecule has 0 unspecified atom stereocenters. The summed E-state index contributed by atoms with van der Waals surface area (Å²) in [6.45, 7) is 4.10. The van der Waals surface area contributed by atoms with Gasteiger partial charge in [-0.2, -0.15) is 0 Å².